The number of hydrogen-bond donors (Lipinski definition) is 1. The molecule has 5 nitrogen and oxygen atoms in total. The van der Waals surface area contributed by atoms with Gasteiger partial charge in [-0.3, -0.25) is 9.59 Å². The zero-order valence-corrected chi connectivity index (χ0v) is 21.3. The van der Waals surface area contributed by atoms with Crippen LogP contribution in [-0.2, 0) is 29.0 Å². The van der Waals surface area contributed by atoms with Crippen LogP contribution in [0.2, 0.25) is 0 Å². The zero-order chi connectivity index (χ0) is 24.3. The maximum Gasteiger partial charge on any atom is 0.243 e. The number of hydrogen-bond acceptors (Lipinski definition) is 3. The lowest BCUT2D eigenvalue weighted by Crippen LogP contribution is -2.51. The quantitative estimate of drug-likeness (QED) is 0.378. The summed E-state index contributed by atoms with van der Waals surface area (Å²) in [4.78, 5) is 28.7. The molecular weight excluding hydrogens is 492 g/mol. The van der Waals surface area contributed by atoms with Crippen LogP contribution in [0.5, 0.6) is 5.75 Å². The smallest absolute Gasteiger partial charge is 0.243 e. The number of carbonyl (C=O) groups is 2. The van der Waals surface area contributed by atoms with Crippen molar-refractivity contribution in [3.05, 3.63) is 100 Å². The molecule has 0 fully saturated rings. The molecule has 0 aliphatic carbocycles. The van der Waals surface area contributed by atoms with Gasteiger partial charge in [0.05, 0.1) is 13.5 Å². The van der Waals surface area contributed by atoms with E-state index in [1.165, 1.54) is 0 Å². The first kappa shape index (κ1) is 25.5. The normalized spacial score (nSPS) is 11.5. The van der Waals surface area contributed by atoms with Crippen molar-refractivity contribution < 1.29 is 14.3 Å². The second kappa shape index (κ2) is 12.9. The SMILES string of the molecule is CCCNC(=O)C(Cc1ccccc1)N(Cc1cccc(Br)c1)C(=O)Cc1ccc(OC)cc1. The Hall–Kier alpha value is -3.12. The van der Waals surface area contributed by atoms with Crippen LogP contribution in [0.3, 0.4) is 0 Å². The lowest BCUT2D eigenvalue weighted by atomic mass is 10.0. The summed E-state index contributed by atoms with van der Waals surface area (Å²) in [7, 11) is 1.61. The molecule has 0 heterocycles. The highest BCUT2D eigenvalue weighted by molar-refractivity contribution is 9.10. The number of carbonyl (C=O) groups excluding carboxylic acids is 2. The molecule has 0 radical (unpaired) electrons. The highest BCUT2D eigenvalue weighted by atomic mass is 79.9. The number of rotatable bonds is 11. The van der Waals surface area contributed by atoms with Crippen LogP contribution in [-0.4, -0.2) is 36.4 Å². The maximum absolute atomic E-state index is 13.7. The number of amides is 2. The van der Waals surface area contributed by atoms with Gasteiger partial charge in [-0.15, -0.1) is 0 Å². The Kier molecular flexibility index (Phi) is 9.71. The Morgan fingerprint density at radius 1 is 0.941 bits per heavy atom. The lowest BCUT2D eigenvalue weighted by molar-refractivity contribution is -0.140. The third-order valence-electron chi connectivity index (χ3n) is 5.58. The van der Waals surface area contributed by atoms with Crippen LogP contribution in [0.4, 0.5) is 0 Å². The second-order valence-electron chi connectivity index (χ2n) is 8.17. The van der Waals surface area contributed by atoms with Gasteiger partial charge in [0.1, 0.15) is 11.8 Å². The van der Waals surface area contributed by atoms with Gasteiger partial charge in [-0.1, -0.05) is 77.5 Å². The summed E-state index contributed by atoms with van der Waals surface area (Å²) in [6.07, 6.45) is 1.47. The molecule has 0 aliphatic rings. The summed E-state index contributed by atoms with van der Waals surface area (Å²) in [6.45, 7) is 2.92. The van der Waals surface area contributed by atoms with Gasteiger partial charge in [-0.05, 0) is 47.4 Å². The molecule has 0 saturated carbocycles. The van der Waals surface area contributed by atoms with Crippen molar-refractivity contribution in [1.82, 2.24) is 10.2 Å². The average Bonchev–Trinajstić information content (AvgIpc) is 2.85. The summed E-state index contributed by atoms with van der Waals surface area (Å²) in [5, 5.41) is 3.01. The summed E-state index contributed by atoms with van der Waals surface area (Å²) in [5.41, 5.74) is 2.84. The van der Waals surface area contributed by atoms with Crippen LogP contribution >= 0.6 is 15.9 Å². The predicted molar refractivity (Wildman–Crippen MR) is 139 cm³/mol. The molecular formula is C28H31BrN2O3. The topological polar surface area (TPSA) is 58.6 Å². The third-order valence-corrected chi connectivity index (χ3v) is 6.07. The number of nitrogens with zero attached hydrogens (tertiary/aromatic N) is 1. The first-order valence-electron chi connectivity index (χ1n) is 11.5. The minimum Gasteiger partial charge on any atom is -0.497 e. The van der Waals surface area contributed by atoms with Crippen LogP contribution in [0.25, 0.3) is 0 Å². The van der Waals surface area contributed by atoms with Crippen molar-refractivity contribution in [2.75, 3.05) is 13.7 Å². The van der Waals surface area contributed by atoms with E-state index < -0.39 is 6.04 Å². The fourth-order valence-corrected chi connectivity index (χ4v) is 4.22. The molecule has 0 aromatic heterocycles. The molecule has 1 unspecified atom stereocenters. The van der Waals surface area contributed by atoms with Gasteiger partial charge >= 0.3 is 0 Å². The molecule has 178 valence electrons. The molecule has 0 bridgehead atoms. The first-order valence-corrected chi connectivity index (χ1v) is 12.3. The van der Waals surface area contributed by atoms with E-state index in [1.807, 2.05) is 85.8 Å². The van der Waals surface area contributed by atoms with E-state index in [1.54, 1.807) is 12.0 Å². The monoisotopic (exact) mass is 522 g/mol. The Bertz CT molecular complexity index is 1070. The van der Waals surface area contributed by atoms with Crippen LogP contribution < -0.4 is 10.1 Å². The van der Waals surface area contributed by atoms with Gasteiger partial charge in [0.25, 0.3) is 0 Å². The Labute approximate surface area is 210 Å². The highest BCUT2D eigenvalue weighted by Gasteiger charge is 2.30. The van der Waals surface area contributed by atoms with Gasteiger partial charge < -0.3 is 15.0 Å². The van der Waals surface area contributed by atoms with Crippen molar-refractivity contribution >= 4 is 27.7 Å². The molecule has 0 spiro atoms. The minimum absolute atomic E-state index is 0.0993. The summed E-state index contributed by atoms with van der Waals surface area (Å²) in [6, 6.07) is 24.5. The Morgan fingerprint density at radius 2 is 1.65 bits per heavy atom. The minimum atomic E-state index is -0.626. The second-order valence-corrected chi connectivity index (χ2v) is 9.09. The van der Waals surface area contributed by atoms with Gasteiger partial charge in [0.2, 0.25) is 11.8 Å². The van der Waals surface area contributed by atoms with Crippen LogP contribution in [0, 0.1) is 0 Å². The number of halogens is 1. The summed E-state index contributed by atoms with van der Waals surface area (Å²) in [5.74, 6) is 0.504. The maximum atomic E-state index is 13.7. The van der Waals surface area contributed by atoms with Crippen molar-refractivity contribution in [2.24, 2.45) is 0 Å². The molecule has 34 heavy (non-hydrogen) atoms. The van der Waals surface area contributed by atoms with Gasteiger partial charge in [0.15, 0.2) is 0 Å². The molecule has 2 amide bonds. The van der Waals surface area contributed by atoms with Crippen LogP contribution in [0.15, 0.2) is 83.3 Å². The fraction of sp³-hybridized carbons (Fsp3) is 0.286. The largest absolute Gasteiger partial charge is 0.497 e. The van der Waals surface area contributed by atoms with E-state index in [2.05, 4.69) is 21.2 Å². The summed E-state index contributed by atoms with van der Waals surface area (Å²) < 4.78 is 6.17. The van der Waals surface area contributed by atoms with E-state index in [0.717, 1.165) is 33.3 Å². The third kappa shape index (κ3) is 7.45. The highest BCUT2D eigenvalue weighted by Crippen LogP contribution is 2.20. The Morgan fingerprint density at radius 3 is 2.29 bits per heavy atom. The number of ether oxygens (including phenoxy) is 1. The van der Waals surface area contributed by atoms with E-state index >= 15 is 0 Å². The Balaban J connectivity index is 1.93. The zero-order valence-electron chi connectivity index (χ0n) is 19.7. The molecule has 1 atom stereocenters. The van der Waals surface area contributed by atoms with Crippen LogP contribution in [0.1, 0.15) is 30.0 Å². The van der Waals surface area contributed by atoms with Crippen molar-refractivity contribution in [3.8, 4) is 5.75 Å². The molecule has 3 aromatic carbocycles. The van der Waals surface area contributed by atoms with Crippen molar-refractivity contribution in [1.29, 1.82) is 0 Å². The molecule has 0 saturated heterocycles. The standard InChI is InChI=1S/C28H31BrN2O3/c1-3-16-30-28(33)26(18-21-8-5-4-6-9-21)31(20-23-10-7-11-24(29)17-23)27(32)19-22-12-14-25(34-2)15-13-22/h4-15,17,26H,3,16,18-20H2,1-2H3,(H,30,33). The molecule has 6 heteroatoms. The van der Waals surface area contributed by atoms with Gasteiger partial charge in [-0.2, -0.15) is 0 Å². The van der Waals surface area contributed by atoms with E-state index in [9.17, 15) is 9.59 Å². The summed E-state index contributed by atoms with van der Waals surface area (Å²) >= 11 is 3.52. The molecule has 1 N–H and O–H groups in total. The molecule has 3 aromatic rings. The van der Waals surface area contributed by atoms with Crippen molar-refractivity contribution in [2.45, 2.75) is 38.8 Å². The van der Waals surface area contributed by atoms with E-state index in [-0.39, 0.29) is 18.2 Å². The number of nitrogens with one attached hydrogen (secondary N) is 1. The number of benzene rings is 3. The lowest BCUT2D eigenvalue weighted by Gasteiger charge is -2.31. The fourth-order valence-electron chi connectivity index (χ4n) is 3.77. The first-order chi connectivity index (χ1) is 16.5. The van der Waals surface area contributed by atoms with Gasteiger partial charge in [-0.25, -0.2) is 0 Å². The molecule has 0 aliphatic heterocycles. The van der Waals surface area contributed by atoms with E-state index in [0.29, 0.717) is 19.5 Å². The van der Waals surface area contributed by atoms with Gasteiger partial charge in [0, 0.05) is 24.0 Å². The van der Waals surface area contributed by atoms with E-state index in [4.69, 9.17) is 4.74 Å². The average molecular weight is 523 g/mol. The molecule has 3 rings (SSSR count). The number of methoxy groups -OCH3 is 1. The van der Waals surface area contributed by atoms with Crippen molar-refractivity contribution in [3.63, 3.8) is 0 Å². The predicted octanol–water partition coefficient (Wildman–Crippen LogP) is 5.17.